The van der Waals surface area contributed by atoms with Gasteiger partial charge in [0.05, 0.1) is 0 Å². The van der Waals surface area contributed by atoms with Gasteiger partial charge in [0.2, 0.25) is 5.91 Å². The van der Waals surface area contributed by atoms with Gasteiger partial charge in [-0.1, -0.05) is 12.1 Å². The average molecular weight is 292 g/mol. The van der Waals surface area contributed by atoms with Crippen molar-refractivity contribution in [2.75, 3.05) is 23.8 Å². The molecule has 0 saturated carbocycles. The quantitative estimate of drug-likeness (QED) is 0.848. The highest BCUT2D eigenvalue weighted by atomic mass is 32.2. The van der Waals surface area contributed by atoms with Gasteiger partial charge in [0, 0.05) is 25.2 Å². The number of rotatable bonds is 5. The first-order valence-electron chi connectivity index (χ1n) is 7.39. The van der Waals surface area contributed by atoms with E-state index >= 15 is 0 Å². The Morgan fingerprint density at radius 1 is 1.30 bits per heavy atom. The summed E-state index contributed by atoms with van der Waals surface area (Å²) in [5.41, 5.74) is 7.60. The number of benzene rings is 1. The van der Waals surface area contributed by atoms with Gasteiger partial charge in [-0.3, -0.25) is 4.79 Å². The van der Waals surface area contributed by atoms with Gasteiger partial charge in [-0.2, -0.15) is 11.8 Å². The van der Waals surface area contributed by atoms with E-state index in [1.54, 1.807) is 0 Å². The summed E-state index contributed by atoms with van der Waals surface area (Å²) in [5, 5.41) is 0. The third kappa shape index (κ3) is 4.44. The van der Waals surface area contributed by atoms with Crippen molar-refractivity contribution in [3.8, 4) is 0 Å². The topological polar surface area (TPSA) is 46.3 Å². The first-order chi connectivity index (χ1) is 9.69. The van der Waals surface area contributed by atoms with Crippen LogP contribution in [0.1, 0.15) is 31.7 Å². The van der Waals surface area contributed by atoms with Crippen molar-refractivity contribution in [1.82, 2.24) is 4.90 Å². The Kier molecular flexibility index (Phi) is 5.77. The number of amides is 1. The molecule has 0 unspecified atom stereocenters. The Balaban J connectivity index is 1.89. The van der Waals surface area contributed by atoms with E-state index in [-0.39, 0.29) is 0 Å². The van der Waals surface area contributed by atoms with E-state index in [0.29, 0.717) is 24.8 Å². The van der Waals surface area contributed by atoms with E-state index in [1.165, 1.54) is 24.3 Å². The van der Waals surface area contributed by atoms with Crippen LogP contribution < -0.4 is 5.73 Å². The summed E-state index contributed by atoms with van der Waals surface area (Å²) in [6.45, 7) is 3.51. The number of carbonyl (C=O) groups is 1. The number of thioether (sulfide) groups is 1. The Bertz CT molecular complexity index is 427. The standard InChI is InChI=1S/C16H24N2OS/c1-2-18(12-14-3-5-15(17)6-4-14)16(19)11-13-7-9-20-10-8-13/h3-6,13H,2,7-12,17H2,1H3. The van der Waals surface area contributed by atoms with E-state index in [9.17, 15) is 4.79 Å². The Morgan fingerprint density at radius 2 is 1.95 bits per heavy atom. The van der Waals surface area contributed by atoms with Gasteiger partial charge >= 0.3 is 0 Å². The molecule has 1 aliphatic rings. The highest BCUT2D eigenvalue weighted by Crippen LogP contribution is 2.26. The maximum atomic E-state index is 12.4. The first kappa shape index (κ1) is 15.2. The summed E-state index contributed by atoms with van der Waals surface area (Å²) in [4.78, 5) is 14.4. The third-order valence-electron chi connectivity index (χ3n) is 3.89. The predicted octanol–water partition coefficient (Wildman–Crippen LogP) is 3.15. The van der Waals surface area contributed by atoms with Crippen LogP contribution in [0.3, 0.4) is 0 Å². The van der Waals surface area contributed by atoms with Crippen molar-refractivity contribution in [2.24, 2.45) is 5.92 Å². The third-order valence-corrected chi connectivity index (χ3v) is 4.94. The molecule has 1 aliphatic heterocycles. The molecular weight excluding hydrogens is 268 g/mol. The molecule has 1 amide bonds. The van der Waals surface area contributed by atoms with Crippen LogP contribution in [-0.4, -0.2) is 28.9 Å². The van der Waals surface area contributed by atoms with Crippen LogP contribution in [-0.2, 0) is 11.3 Å². The van der Waals surface area contributed by atoms with Gasteiger partial charge in [-0.15, -0.1) is 0 Å². The highest BCUT2D eigenvalue weighted by molar-refractivity contribution is 7.99. The second-order valence-corrected chi connectivity index (χ2v) is 6.63. The molecule has 1 aromatic carbocycles. The van der Waals surface area contributed by atoms with Gasteiger partial charge in [0.25, 0.3) is 0 Å². The molecule has 4 heteroatoms. The molecule has 0 aromatic heterocycles. The van der Waals surface area contributed by atoms with Crippen LogP contribution in [0.15, 0.2) is 24.3 Å². The molecule has 2 N–H and O–H groups in total. The van der Waals surface area contributed by atoms with Crippen LogP contribution in [0, 0.1) is 5.92 Å². The van der Waals surface area contributed by atoms with Gasteiger partial charge in [0.1, 0.15) is 0 Å². The molecule has 110 valence electrons. The number of hydrogen-bond acceptors (Lipinski definition) is 3. The fourth-order valence-corrected chi connectivity index (χ4v) is 3.75. The monoisotopic (exact) mass is 292 g/mol. The molecule has 0 spiro atoms. The number of hydrogen-bond donors (Lipinski definition) is 1. The predicted molar refractivity (Wildman–Crippen MR) is 86.6 cm³/mol. The van der Waals surface area contributed by atoms with Gasteiger partial charge in [-0.05, 0) is 54.9 Å². The van der Waals surface area contributed by atoms with E-state index in [2.05, 4.69) is 0 Å². The molecule has 1 aromatic rings. The minimum atomic E-state index is 0.293. The van der Waals surface area contributed by atoms with Gasteiger partial charge < -0.3 is 10.6 Å². The van der Waals surface area contributed by atoms with E-state index in [1.807, 2.05) is 47.9 Å². The van der Waals surface area contributed by atoms with Crippen molar-refractivity contribution in [3.05, 3.63) is 29.8 Å². The maximum absolute atomic E-state index is 12.4. The largest absolute Gasteiger partial charge is 0.399 e. The number of carbonyl (C=O) groups excluding carboxylic acids is 1. The minimum absolute atomic E-state index is 0.293. The number of nitrogens with zero attached hydrogens (tertiary/aromatic N) is 1. The number of nitrogen functional groups attached to an aromatic ring is 1. The Hall–Kier alpha value is -1.16. The lowest BCUT2D eigenvalue weighted by molar-refractivity contribution is -0.132. The number of nitrogens with two attached hydrogens (primary N) is 1. The fraction of sp³-hybridized carbons (Fsp3) is 0.562. The molecule has 0 aliphatic carbocycles. The normalized spacial score (nSPS) is 16.1. The van der Waals surface area contributed by atoms with Crippen molar-refractivity contribution in [3.63, 3.8) is 0 Å². The van der Waals surface area contributed by atoms with Gasteiger partial charge in [0.15, 0.2) is 0 Å². The molecule has 0 atom stereocenters. The number of anilines is 1. The van der Waals surface area contributed by atoms with Crippen LogP contribution >= 0.6 is 11.8 Å². The van der Waals surface area contributed by atoms with Crippen molar-refractivity contribution in [2.45, 2.75) is 32.7 Å². The fourth-order valence-electron chi connectivity index (χ4n) is 2.55. The van der Waals surface area contributed by atoms with Crippen molar-refractivity contribution >= 4 is 23.4 Å². The zero-order chi connectivity index (χ0) is 14.4. The van der Waals surface area contributed by atoms with Crippen molar-refractivity contribution in [1.29, 1.82) is 0 Å². The highest BCUT2D eigenvalue weighted by Gasteiger charge is 2.20. The smallest absolute Gasteiger partial charge is 0.223 e. The zero-order valence-electron chi connectivity index (χ0n) is 12.2. The summed E-state index contributed by atoms with van der Waals surface area (Å²) in [6.07, 6.45) is 3.09. The molecule has 0 radical (unpaired) electrons. The van der Waals surface area contributed by atoms with Crippen LogP contribution in [0.5, 0.6) is 0 Å². The summed E-state index contributed by atoms with van der Waals surface area (Å²) >= 11 is 2.01. The van der Waals surface area contributed by atoms with Crippen LogP contribution in [0.25, 0.3) is 0 Å². The summed E-state index contributed by atoms with van der Waals surface area (Å²) in [7, 11) is 0. The minimum Gasteiger partial charge on any atom is -0.399 e. The molecule has 1 saturated heterocycles. The first-order valence-corrected chi connectivity index (χ1v) is 8.54. The molecule has 20 heavy (non-hydrogen) atoms. The van der Waals surface area contributed by atoms with Crippen LogP contribution in [0.2, 0.25) is 0 Å². The van der Waals surface area contributed by atoms with Gasteiger partial charge in [-0.25, -0.2) is 0 Å². The molecule has 2 rings (SSSR count). The summed E-state index contributed by atoms with van der Waals surface area (Å²) in [5.74, 6) is 3.30. The Labute approximate surface area is 125 Å². The van der Waals surface area contributed by atoms with Crippen LogP contribution in [0.4, 0.5) is 5.69 Å². The lowest BCUT2D eigenvalue weighted by atomic mass is 9.98. The molecule has 1 fully saturated rings. The summed E-state index contributed by atoms with van der Waals surface area (Å²) in [6, 6.07) is 7.79. The second-order valence-electron chi connectivity index (χ2n) is 5.41. The van der Waals surface area contributed by atoms with E-state index < -0.39 is 0 Å². The molecule has 1 heterocycles. The Morgan fingerprint density at radius 3 is 2.55 bits per heavy atom. The zero-order valence-corrected chi connectivity index (χ0v) is 13.0. The molecular formula is C16H24N2OS. The molecule has 3 nitrogen and oxygen atoms in total. The SMILES string of the molecule is CCN(Cc1ccc(N)cc1)C(=O)CC1CCSCC1. The van der Waals surface area contributed by atoms with E-state index in [0.717, 1.165) is 17.8 Å². The lowest BCUT2D eigenvalue weighted by Crippen LogP contribution is -2.32. The molecule has 0 bridgehead atoms. The second kappa shape index (κ2) is 7.58. The lowest BCUT2D eigenvalue weighted by Gasteiger charge is -2.26. The summed E-state index contributed by atoms with van der Waals surface area (Å²) < 4.78 is 0. The van der Waals surface area contributed by atoms with Crippen molar-refractivity contribution < 1.29 is 4.79 Å². The average Bonchev–Trinajstić information content (AvgIpc) is 2.47. The van der Waals surface area contributed by atoms with E-state index in [4.69, 9.17) is 5.73 Å². The maximum Gasteiger partial charge on any atom is 0.223 e.